The second kappa shape index (κ2) is 12.9. The number of guanidine groups is 1. The topological polar surface area (TPSA) is 109 Å². The molecule has 0 bridgehead atoms. The summed E-state index contributed by atoms with van der Waals surface area (Å²) in [6, 6.07) is 12.0. The van der Waals surface area contributed by atoms with E-state index in [-0.39, 0.29) is 48.5 Å². The van der Waals surface area contributed by atoms with E-state index in [0.717, 1.165) is 0 Å². The van der Waals surface area contributed by atoms with Crippen molar-refractivity contribution in [2.24, 2.45) is 4.99 Å². The van der Waals surface area contributed by atoms with Crippen LogP contribution in [0.5, 0.6) is 5.75 Å². The lowest BCUT2D eigenvalue weighted by Gasteiger charge is -2.16. The number of nitrogens with zero attached hydrogens (tertiary/aromatic N) is 2. The van der Waals surface area contributed by atoms with Gasteiger partial charge >= 0.3 is 6.61 Å². The Morgan fingerprint density at radius 1 is 1.20 bits per heavy atom. The third-order valence-electron chi connectivity index (χ3n) is 3.89. The predicted octanol–water partition coefficient (Wildman–Crippen LogP) is 3.60. The lowest BCUT2D eigenvalue weighted by atomic mass is 10.1. The molecule has 30 heavy (non-hydrogen) atoms. The van der Waals surface area contributed by atoms with Gasteiger partial charge in [0.25, 0.3) is 5.69 Å². The molecule has 0 radical (unpaired) electrons. The number of nitro benzene ring substituents is 1. The minimum absolute atomic E-state index is 0. The van der Waals surface area contributed by atoms with Crippen LogP contribution >= 0.6 is 24.0 Å². The molecule has 0 aliphatic rings. The molecule has 11 heteroatoms. The van der Waals surface area contributed by atoms with Crippen molar-refractivity contribution < 1.29 is 23.5 Å². The summed E-state index contributed by atoms with van der Waals surface area (Å²) in [5, 5.41) is 27.3. The second-order valence-corrected chi connectivity index (χ2v) is 5.93. The van der Waals surface area contributed by atoms with E-state index in [0.29, 0.717) is 23.6 Å². The lowest BCUT2D eigenvalue weighted by Crippen LogP contribution is -2.39. The fraction of sp³-hybridized carbons (Fsp3) is 0.316. The molecule has 0 aliphatic heterocycles. The molecule has 0 heterocycles. The number of alkyl halides is 2. The van der Waals surface area contributed by atoms with Crippen molar-refractivity contribution in [3.8, 4) is 5.75 Å². The highest BCUT2D eigenvalue weighted by molar-refractivity contribution is 14.0. The SMILES string of the molecule is CCNC(=NCc1ccccc1[N+](=O)[O-])NCC(O)c1ccc(OC(F)F)cc1.I. The van der Waals surface area contributed by atoms with Gasteiger partial charge in [-0.15, -0.1) is 24.0 Å². The summed E-state index contributed by atoms with van der Waals surface area (Å²) in [6.45, 7) is -0.314. The highest BCUT2D eigenvalue weighted by Gasteiger charge is 2.13. The first kappa shape index (κ1) is 25.5. The summed E-state index contributed by atoms with van der Waals surface area (Å²) in [5.74, 6) is 0.380. The van der Waals surface area contributed by atoms with Crippen molar-refractivity contribution >= 4 is 35.6 Å². The monoisotopic (exact) mass is 536 g/mol. The molecule has 0 fully saturated rings. The van der Waals surface area contributed by atoms with Crippen LogP contribution in [0.3, 0.4) is 0 Å². The van der Waals surface area contributed by atoms with Gasteiger partial charge in [-0.25, -0.2) is 4.99 Å². The van der Waals surface area contributed by atoms with E-state index in [9.17, 15) is 24.0 Å². The first-order valence-electron chi connectivity index (χ1n) is 8.88. The molecule has 0 aromatic heterocycles. The Hall–Kier alpha value is -2.54. The van der Waals surface area contributed by atoms with Gasteiger partial charge in [0, 0.05) is 19.2 Å². The maximum absolute atomic E-state index is 12.2. The molecule has 0 spiro atoms. The number of benzene rings is 2. The van der Waals surface area contributed by atoms with Crippen LogP contribution in [0.1, 0.15) is 24.2 Å². The molecular weight excluding hydrogens is 513 g/mol. The number of aliphatic imine (C=N–C) groups is 1. The summed E-state index contributed by atoms with van der Waals surface area (Å²) >= 11 is 0. The van der Waals surface area contributed by atoms with Crippen molar-refractivity contribution in [3.63, 3.8) is 0 Å². The fourth-order valence-corrected chi connectivity index (χ4v) is 2.51. The van der Waals surface area contributed by atoms with Gasteiger partial charge in [0.15, 0.2) is 5.96 Å². The number of hydrogen-bond donors (Lipinski definition) is 3. The highest BCUT2D eigenvalue weighted by atomic mass is 127. The fourth-order valence-electron chi connectivity index (χ4n) is 2.51. The van der Waals surface area contributed by atoms with Gasteiger partial charge in [-0.1, -0.05) is 30.3 Å². The number of rotatable bonds is 9. The Bertz CT molecular complexity index is 838. The summed E-state index contributed by atoms with van der Waals surface area (Å²) in [6.07, 6.45) is -0.925. The number of ether oxygens (including phenoxy) is 1. The quantitative estimate of drug-likeness (QED) is 0.149. The van der Waals surface area contributed by atoms with Crippen LogP contribution in [0.15, 0.2) is 53.5 Å². The number of nitrogens with one attached hydrogen (secondary N) is 2. The van der Waals surface area contributed by atoms with Crippen LogP contribution in [0.4, 0.5) is 14.5 Å². The molecule has 0 saturated carbocycles. The largest absolute Gasteiger partial charge is 0.435 e. The maximum atomic E-state index is 12.2. The van der Waals surface area contributed by atoms with E-state index in [2.05, 4.69) is 20.4 Å². The molecule has 2 rings (SSSR count). The molecule has 0 amide bonds. The molecule has 1 unspecified atom stereocenters. The van der Waals surface area contributed by atoms with Crippen LogP contribution in [-0.4, -0.2) is 35.7 Å². The standard InChI is InChI=1S/C19H22F2N4O4.HI/c1-2-22-19(23-11-14-5-3-4-6-16(14)25(27)28)24-12-17(26)13-7-9-15(10-8-13)29-18(20)21;/h3-10,17-18,26H,2,11-12H2,1H3,(H2,22,23,24);1H. The Balaban J connectivity index is 0.00000450. The van der Waals surface area contributed by atoms with Gasteiger partial charge in [0.05, 0.1) is 23.1 Å². The molecule has 2 aromatic carbocycles. The third kappa shape index (κ3) is 8.06. The zero-order chi connectivity index (χ0) is 21.2. The van der Waals surface area contributed by atoms with Crippen LogP contribution in [0, 0.1) is 10.1 Å². The van der Waals surface area contributed by atoms with Crippen molar-refractivity contribution in [1.82, 2.24) is 10.6 Å². The van der Waals surface area contributed by atoms with E-state index in [1.54, 1.807) is 18.2 Å². The number of para-hydroxylation sites is 1. The summed E-state index contributed by atoms with van der Waals surface area (Å²) in [5.41, 5.74) is 0.955. The average Bonchev–Trinajstić information content (AvgIpc) is 2.70. The highest BCUT2D eigenvalue weighted by Crippen LogP contribution is 2.20. The predicted molar refractivity (Wildman–Crippen MR) is 119 cm³/mol. The van der Waals surface area contributed by atoms with Gasteiger partial charge in [0.1, 0.15) is 5.75 Å². The summed E-state index contributed by atoms with van der Waals surface area (Å²) < 4.78 is 28.6. The van der Waals surface area contributed by atoms with Gasteiger partial charge in [-0.3, -0.25) is 10.1 Å². The lowest BCUT2D eigenvalue weighted by molar-refractivity contribution is -0.385. The summed E-state index contributed by atoms with van der Waals surface area (Å²) in [7, 11) is 0. The van der Waals surface area contributed by atoms with Crippen LogP contribution < -0.4 is 15.4 Å². The molecule has 2 aromatic rings. The van der Waals surface area contributed by atoms with E-state index in [4.69, 9.17) is 0 Å². The number of aliphatic hydroxyl groups excluding tert-OH is 1. The molecular formula is C19H23F2IN4O4. The minimum atomic E-state index is -2.91. The van der Waals surface area contributed by atoms with Crippen LogP contribution in [0.25, 0.3) is 0 Å². The van der Waals surface area contributed by atoms with Gasteiger partial charge in [0.2, 0.25) is 0 Å². The van der Waals surface area contributed by atoms with Gasteiger partial charge in [-0.05, 0) is 24.6 Å². The zero-order valence-electron chi connectivity index (χ0n) is 16.1. The molecule has 0 aliphatic carbocycles. The summed E-state index contributed by atoms with van der Waals surface area (Å²) in [4.78, 5) is 14.9. The van der Waals surface area contributed by atoms with Crippen LogP contribution in [-0.2, 0) is 6.54 Å². The van der Waals surface area contributed by atoms with E-state index in [1.165, 1.54) is 30.3 Å². The Morgan fingerprint density at radius 3 is 2.47 bits per heavy atom. The molecule has 1 atom stereocenters. The number of hydrogen-bond acceptors (Lipinski definition) is 5. The van der Waals surface area contributed by atoms with Crippen molar-refractivity contribution in [1.29, 1.82) is 0 Å². The number of aliphatic hydroxyl groups is 1. The smallest absolute Gasteiger partial charge is 0.387 e. The average molecular weight is 536 g/mol. The zero-order valence-corrected chi connectivity index (χ0v) is 18.5. The Morgan fingerprint density at radius 2 is 1.87 bits per heavy atom. The first-order chi connectivity index (χ1) is 13.9. The van der Waals surface area contributed by atoms with Crippen molar-refractivity contribution in [3.05, 3.63) is 69.8 Å². The molecule has 164 valence electrons. The van der Waals surface area contributed by atoms with E-state index < -0.39 is 17.6 Å². The molecule has 3 N–H and O–H groups in total. The molecule has 0 saturated heterocycles. The van der Waals surface area contributed by atoms with Gasteiger partial charge in [-0.2, -0.15) is 8.78 Å². The maximum Gasteiger partial charge on any atom is 0.387 e. The number of nitro groups is 1. The van der Waals surface area contributed by atoms with Crippen LogP contribution in [0.2, 0.25) is 0 Å². The Labute approximate surface area is 189 Å². The second-order valence-electron chi connectivity index (χ2n) is 5.93. The van der Waals surface area contributed by atoms with Crippen molar-refractivity contribution in [2.45, 2.75) is 26.2 Å². The van der Waals surface area contributed by atoms with E-state index >= 15 is 0 Å². The Kier molecular flexibility index (Phi) is 11.0. The van der Waals surface area contributed by atoms with E-state index in [1.807, 2.05) is 6.92 Å². The first-order valence-corrected chi connectivity index (χ1v) is 8.88. The van der Waals surface area contributed by atoms with Crippen molar-refractivity contribution in [2.75, 3.05) is 13.1 Å². The minimum Gasteiger partial charge on any atom is -0.435 e. The molecule has 8 nitrogen and oxygen atoms in total. The van der Waals surface area contributed by atoms with Gasteiger partial charge < -0.3 is 20.5 Å². The number of halogens is 3. The normalized spacial score (nSPS) is 12.1. The third-order valence-corrected chi connectivity index (χ3v) is 3.89.